The predicted octanol–water partition coefficient (Wildman–Crippen LogP) is 3.69. The van der Waals surface area contributed by atoms with Crippen molar-refractivity contribution >= 4 is 27.7 Å². The summed E-state index contributed by atoms with van der Waals surface area (Å²) in [6.45, 7) is 4.14. The fraction of sp³-hybridized carbons (Fsp3) is 0.333. The van der Waals surface area contributed by atoms with Gasteiger partial charge in [0.15, 0.2) is 6.61 Å². The summed E-state index contributed by atoms with van der Waals surface area (Å²) >= 11 is 3.37. The molecule has 0 bridgehead atoms. The van der Waals surface area contributed by atoms with Crippen molar-refractivity contribution in [1.29, 1.82) is 0 Å². The molecule has 0 radical (unpaired) electrons. The Hall–Kier alpha value is -2.34. The molecule has 0 fully saturated rings. The minimum atomic E-state index is -0.544. The molecule has 6 heteroatoms. The molecule has 2 aromatic rings. The summed E-state index contributed by atoms with van der Waals surface area (Å²) in [5.74, 6) is 0.199. The number of rotatable bonds is 8. The molecule has 2 amide bonds. The fourth-order valence-corrected chi connectivity index (χ4v) is 3.00. The largest absolute Gasteiger partial charge is 0.484 e. The van der Waals surface area contributed by atoms with E-state index in [-0.39, 0.29) is 18.4 Å². The lowest BCUT2D eigenvalue weighted by Gasteiger charge is -2.30. The molecule has 5 nitrogen and oxygen atoms in total. The third kappa shape index (κ3) is 6.10. The van der Waals surface area contributed by atoms with Crippen molar-refractivity contribution in [2.75, 3.05) is 13.7 Å². The van der Waals surface area contributed by atoms with E-state index in [4.69, 9.17) is 4.74 Å². The molecule has 0 heterocycles. The van der Waals surface area contributed by atoms with E-state index in [0.29, 0.717) is 18.7 Å². The number of hydrogen-bond acceptors (Lipinski definition) is 3. The molecule has 144 valence electrons. The van der Waals surface area contributed by atoms with Crippen LogP contribution in [0.25, 0.3) is 0 Å². The normalized spacial score (nSPS) is 11.6. The Morgan fingerprint density at radius 2 is 1.74 bits per heavy atom. The smallest absolute Gasteiger partial charge is 0.261 e. The summed E-state index contributed by atoms with van der Waals surface area (Å²) in [5, 5.41) is 2.65. The van der Waals surface area contributed by atoms with Gasteiger partial charge in [0.25, 0.3) is 5.91 Å². The van der Waals surface area contributed by atoms with E-state index in [1.807, 2.05) is 50.2 Å². The lowest BCUT2D eigenvalue weighted by molar-refractivity contribution is -0.142. The number of likely N-dealkylation sites (N-methyl/N-ethyl adjacent to an activating group) is 1. The SMILES string of the molecule is CCC(C(=O)NC)N(Cc1ccc(C)cc1)C(=O)COc1ccc(Br)cc1. The second kappa shape index (κ2) is 10.1. The molecule has 0 aliphatic heterocycles. The Morgan fingerprint density at radius 1 is 1.11 bits per heavy atom. The Labute approximate surface area is 168 Å². The molecule has 0 saturated heterocycles. The summed E-state index contributed by atoms with van der Waals surface area (Å²) < 4.78 is 6.56. The van der Waals surface area contributed by atoms with Gasteiger partial charge in [-0.1, -0.05) is 52.7 Å². The first-order valence-electron chi connectivity index (χ1n) is 8.89. The van der Waals surface area contributed by atoms with Crippen LogP contribution in [0.2, 0.25) is 0 Å². The molecular formula is C21H25BrN2O3. The van der Waals surface area contributed by atoms with Crippen molar-refractivity contribution in [3.05, 3.63) is 64.1 Å². The summed E-state index contributed by atoms with van der Waals surface area (Å²) in [6.07, 6.45) is 0.523. The molecule has 2 aromatic carbocycles. The zero-order chi connectivity index (χ0) is 19.8. The maximum atomic E-state index is 12.9. The average Bonchev–Trinajstić information content (AvgIpc) is 2.68. The molecule has 0 aliphatic rings. The molecule has 0 spiro atoms. The molecule has 2 rings (SSSR count). The Bertz CT molecular complexity index is 760. The van der Waals surface area contributed by atoms with Gasteiger partial charge >= 0.3 is 0 Å². The van der Waals surface area contributed by atoms with E-state index in [1.54, 1.807) is 24.1 Å². The Balaban J connectivity index is 2.15. The maximum Gasteiger partial charge on any atom is 0.261 e. The van der Waals surface area contributed by atoms with Crippen LogP contribution in [0.3, 0.4) is 0 Å². The van der Waals surface area contributed by atoms with Gasteiger partial charge in [-0.2, -0.15) is 0 Å². The number of amides is 2. The first-order chi connectivity index (χ1) is 12.9. The molecule has 1 atom stereocenters. The fourth-order valence-electron chi connectivity index (χ4n) is 2.74. The lowest BCUT2D eigenvalue weighted by atomic mass is 10.1. The third-order valence-electron chi connectivity index (χ3n) is 4.28. The van der Waals surface area contributed by atoms with Gasteiger partial charge < -0.3 is 15.0 Å². The van der Waals surface area contributed by atoms with E-state index >= 15 is 0 Å². The van der Waals surface area contributed by atoms with E-state index in [2.05, 4.69) is 21.2 Å². The highest BCUT2D eigenvalue weighted by molar-refractivity contribution is 9.10. The van der Waals surface area contributed by atoms with Gasteiger partial charge in [-0.25, -0.2) is 0 Å². The highest BCUT2D eigenvalue weighted by atomic mass is 79.9. The second-order valence-corrected chi connectivity index (χ2v) is 7.20. The number of ether oxygens (including phenoxy) is 1. The Morgan fingerprint density at radius 3 is 2.30 bits per heavy atom. The van der Waals surface area contributed by atoms with E-state index < -0.39 is 6.04 Å². The molecule has 27 heavy (non-hydrogen) atoms. The first-order valence-corrected chi connectivity index (χ1v) is 9.68. The van der Waals surface area contributed by atoms with Crippen LogP contribution in [-0.4, -0.2) is 36.4 Å². The van der Waals surface area contributed by atoms with Gasteiger partial charge in [-0.15, -0.1) is 0 Å². The van der Waals surface area contributed by atoms with Crippen LogP contribution in [0.15, 0.2) is 53.0 Å². The number of benzene rings is 2. The van der Waals surface area contributed by atoms with Crippen LogP contribution in [0.1, 0.15) is 24.5 Å². The molecule has 1 N–H and O–H groups in total. The number of halogens is 1. The number of nitrogens with zero attached hydrogens (tertiary/aromatic N) is 1. The Kier molecular flexibility index (Phi) is 7.85. The minimum absolute atomic E-state index is 0.124. The topological polar surface area (TPSA) is 58.6 Å². The van der Waals surface area contributed by atoms with Crippen LogP contribution < -0.4 is 10.1 Å². The van der Waals surface area contributed by atoms with Crippen LogP contribution in [0.4, 0.5) is 0 Å². The number of hydrogen-bond donors (Lipinski definition) is 1. The van der Waals surface area contributed by atoms with Crippen molar-refractivity contribution in [3.63, 3.8) is 0 Å². The average molecular weight is 433 g/mol. The molecule has 0 aliphatic carbocycles. The van der Waals surface area contributed by atoms with E-state index in [0.717, 1.165) is 15.6 Å². The van der Waals surface area contributed by atoms with Gasteiger partial charge in [-0.3, -0.25) is 9.59 Å². The quantitative estimate of drug-likeness (QED) is 0.691. The lowest BCUT2D eigenvalue weighted by Crippen LogP contribution is -2.49. The maximum absolute atomic E-state index is 12.9. The number of carbonyl (C=O) groups excluding carboxylic acids is 2. The molecular weight excluding hydrogens is 408 g/mol. The van der Waals surface area contributed by atoms with Gasteiger partial charge in [0, 0.05) is 18.1 Å². The van der Waals surface area contributed by atoms with Crippen LogP contribution in [0.5, 0.6) is 5.75 Å². The molecule has 1 unspecified atom stereocenters. The van der Waals surface area contributed by atoms with Crippen molar-refractivity contribution in [2.45, 2.75) is 32.9 Å². The predicted molar refractivity (Wildman–Crippen MR) is 110 cm³/mol. The zero-order valence-corrected chi connectivity index (χ0v) is 17.5. The number of aryl methyl sites for hydroxylation is 1. The summed E-state index contributed by atoms with van der Waals surface area (Å²) in [4.78, 5) is 26.8. The highest BCUT2D eigenvalue weighted by Gasteiger charge is 2.28. The number of carbonyl (C=O) groups is 2. The minimum Gasteiger partial charge on any atom is -0.484 e. The van der Waals surface area contributed by atoms with Gasteiger partial charge in [0.1, 0.15) is 11.8 Å². The van der Waals surface area contributed by atoms with E-state index in [9.17, 15) is 9.59 Å². The van der Waals surface area contributed by atoms with E-state index in [1.165, 1.54) is 0 Å². The van der Waals surface area contributed by atoms with Crippen molar-refractivity contribution < 1.29 is 14.3 Å². The van der Waals surface area contributed by atoms with Crippen LogP contribution in [0, 0.1) is 6.92 Å². The number of nitrogens with one attached hydrogen (secondary N) is 1. The summed E-state index contributed by atoms with van der Waals surface area (Å²) in [7, 11) is 1.58. The van der Waals surface area contributed by atoms with Crippen LogP contribution >= 0.6 is 15.9 Å². The molecule has 0 saturated carbocycles. The first kappa shape index (κ1) is 21.0. The van der Waals surface area contributed by atoms with Crippen molar-refractivity contribution in [3.8, 4) is 5.75 Å². The summed E-state index contributed by atoms with van der Waals surface area (Å²) in [5.41, 5.74) is 2.12. The third-order valence-corrected chi connectivity index (χ3v) is 4.81. The van der Waals surface area contributed by atoms with Gasteiger partial charge in [0.05, 0.1) is 0 Å². The van der Waals surface area contributed by atoms with Gasteiger partial charge in [0.2, 0.25) is 5.91 Å². The van der Waals surface area contributed by atoms with Gasteiger partial charge in [-0.05, 0) is 43.2 Å². The zero-order valence-electron chi connectivity index (χ0n) is 15.9. The highest BCUT2D eigenvalue weighted by Crippen LogP contribution is 2.17. The standard InChI is InChI=1S/C21H25BrN2O3/c1-4-19(21(26)23-3)24(13-16-7-5-15(2)6-8-16)20(25)14-27-18-11-9-17(22)10-12-18/h5-12,19H,4,13-14H2,1-3H3,(H,23,26). The van der Waals surface area contributed by atoms with Crippen molar-refractivity contribution in [2.24, 2.45) is 0 Å². The summed E-state index contributed by atoms with van der Waals surface area (Å²) in [6, 6.07) is 14.7. The van der Waals surface area contributed by atoms with Crippen LogP contribution in [-0.2, 0) is 16.1 Å². The second-order valence-electron chi connectivity index (χ2n) is 6.29. The monoisotopic (exact) mass is 432 g/mol. The molecule has 0 aromatic heterocycles. The van der Waals surface area contributed by atoms with Crippen molar-refractivity contribution in [1.82, 2.24) is 10.2 Å².